The molecule has 1 saturated heterocycles. The Hall–Kier alpha value is -2.64. The molecule has 0 spiro atoms. The first-order valence-corrected chi connectivity index (χ1v) is 12.3. The van der Waals surface area contributed by atoms with Gasteiger partial charge in [0.15, 0.2) is 0 Å². The van der Waals surface area contributed by atoms with Crippen LogP contribution in [0.2, 0.25) is 0 Å². The Kier molecular flexibility index (Phi) is 6.43. The van der Waals surface area contributed by atoms with Crippen molar-refractivity contribution in [2.75, 3.05) is 6.54 Å². The smallest absolute Gasteiger partial charge is 0.243 e. The van der Waals surface area contributed by atoms with Crippen LogP contribution in [0.3, 0.4) is 0 Å². The summed E-state index contributed by atoms with van der Waals surface area (Å²) >= 11 is 0. The largest absolute Gasteiger partial charge is 0.265 e. The molecule has 0 amide bonds. The lowest BCUT2D eigenvalue weighted by molar-refractivity contribution is 0.251. The highest BCUT2D eigenvalue weighted by molar-refractivity contribution is 7.89. The van der Waals surface area contributed by atoms with Gasteiger partial charge in [0.25, 0.3) is 0 Å². The number of piperidine rings is 1. The van der Waals surface area contributed by atoms with Crippen LogP contribution in [0, 0.1) is 6.92 Å². The van der Waals surface area contributed by atoms with Crippen molar-refractivity contribution in [2.45, 2.75) is 56.9 Å². The predicted octanol–water partition coefficient (Wildman–Crippen LogP) is 4.72. The van der Waals surface area contributed by atoms with Crippen molar-refractivity contribution in [1.29, 1.82) is 0 Å². The number of pyridine rings is 1. The van der Waals surface area contributed by atoms with E-state index in [-0.39, 0.29) is 6.04 Å². The van der Waals surface area contributed by atoms with Gasteiger partial charge >= 0.3 is 0 Å². The van der Waals surface area contributed by atoms with E-state index in [9.17, 15) is 8.42 Å². The van der Waals surface area contributed by atoms with Crippen LogP contribution in [-0.2, 0) is 16.4 Å². The normalized spacial score (nSPS) is 17.5. The van der Waals surface area contributed by atoms with Crippen LogP contribution < -0.4 is 0 Å². The molecule has 1 atom stereocenters. The first-order chi connectivity index (χ1) is 15.0. The number of hydrogen-bond donors (Lipinski definition) is 0. The SMILES string of the molecule is CCCc1ncc(-c2ccncc2)c(C2CCCCN2S(=O)(=O)c2ccc(C)cc2)n1. The fourth-order valence-electron chi connectivity index (χ4n) is 4.10. The van der Waals surface area contributed by atoms with Crippen molar-refractivity contribution >= 4 is 10.0 Å². The summed E-state index contributed by atoms with van der Waals surface area (Å²) in [5, 5.41) is 0. The van der Waals surface area contributed by atoms with E-state index < -0.39 is 10.0 Å². The molecule has 4 rings (SSSR count). The minimum atomic E-state index is -3.64. The molecular weight excluding hydrogens is 408 g/mol. The molecule has 1 aliphatic rings. The number of rotatable bonds is 6. The summed E-state index contributed by atoms with van der Waals surface area (Å²) in [4.78, 5) is 13.9. The Morgan fingerprint density at radius 3 is 2.52 bits per heavy atom. The van der Waals surface area contributed by atoms with E-state index in [0.717, 1.165) is 60.3 Å². The Bertz CT molecular complexity index is 1130. The van der Waals surface area contributed by atoms with Gasteiger partial charge in [-0.1, -0.05) is 31.0 Å². The van der Waals surface area contributed by atoms with Gasteiger partial charge in [-0.05, 0) is 56.0 Å². The zero-order valence-electron chi connectivity index (χ0n) is 18.0. The van der Waals surface area contributed by atoms with E-state index in [1.54, 1.807) is 28.8 Å². The number of sulfonamides is 1. The lowest BCUT2D eigenvalue weighted by Gasteiger charge is -2.35. The van der Waals surface area contributed by atoms with Crippen molar-refractivity contribution in [2.24, 2.45) is 0 Å². The highest BCUT2D eigenvalue weighted by Crippen LogP contribution is 2.38. The van der Waals surface area contributed by atoms with Gasteiger partial charge in [-0.3, -0.25) is 4.98 Å². The van der Waals surface area contributed by atoms with Gasteiger partial charge in [0.05, 0.1) is 16.6 Å². The monoisotopic (exact) mass is 436 g/mol. The third kappa shape index (κ3) is 4.52. The maximum atomic E-state index is 13.6. The standard InChI is InChI=1S/C24H28N4O2S/c1-3-6-23-26-17-21(19-12-14-25-15-13-19)24(27-23)22-7-4-5-16-28(22)31(29,30)20-10-8-18(2)9-11-20/h8-15,17,22H,3-7,16H2,1-2H3. The van der Waals surface area contributed by atoms with E-state index >= 15 is 0 Å². The van der Waals surface area contributed by atoms with E-state index in [0.29, 0.717) is 11.4 Å². The first-order valence-electron chi connectivity index (χ1n) is 10.9. The molecule has 0 N–H and O–H groups in total. The molecule has 1 aromatic carbocycles. The summed E-state index contributed by atoms with van der Waals surface area (Å²) in [7, 11) is -3.64. The number of aryl methyl sites for hydroxylation is 2. The number of hydrogen-bond acceptors (Lipinski definition) is 5. The molecule has 1 fully saturated rings. The zero-order valence-corrected chi connectivity index (χ0v) is 18.8. The summed E-state index contributed by atoms with van der Waals surface area (Å²) in [5.74, 6) is 0.758. The molecule has 0 bridgehead atoms. The lowest BCUT2D eigenvalue weighted by Crippen LogP contribution is -2.39. The van der Waals surface area contributed by atoms with Crippen LogP contribution in [0.1, 0.15) is 55.7 Å². The highest BCUT2D eigenvalue weighted by Gasteiger charge is 2.36. The van der Waals surface area contributed by atoms with E-state index in [4.69, 9.17) is 4.98 Å². The molecule has 1 aliphatic heterocycles. The molecule has 0 radical (unpaired) electrons. The van der Waals surface area contributed by atoms with E-state index in [1.165, 1.54) is 0 Å². The van der Waals surface area contributed by atoms with Crippen molar-refractivity contribution in [3.63, 3.8) is 0 Å². The first kappa shape index (κ1) is 21.6. The summed E-state index contributed by atoms with van der Waals surface area (Å²) in [5.41, 5.74) is 3.65. The van der Waals surface area contributed by atoms with Crippen molar-refractivity contribution in [3.8, 4) is 11.1 Å². The highest BCUT2D eigenvalue weighted by atomic mass is 32.2. The van der Waals surface area contributed by atoms with Crippen molar-refractivity contribution in [3.05, 3.63) is 72.1 Å². The summed E-state index contributed by atoms with van der Waals surface area (Å²) in [6, 6.07) is 10.6. The molecule has 3 aromatic rings. The summed E-state index contributed by atoms with van der Waals surface area (Å²) < 4.78 is 28.9. The molecule has 0 aliphatic carbocycles. The van der Waals surface area contributed by atoms with Crippen molar-refractivity contribution < 1.29 is 8.42 Å². The second kappa shape index (κ2) is 9.24. The molecule has 6 nitrogen and oxygen atoms in total. The zero-order chi connectivity index (χ0) is 21.8. The molecule has 2 aromatic heterocycles. The third-order valence-electron chi connectivity index (χ3n) is 5.73. The second-order valence-corrected chi connectivity index (χ2v) is 9.90. The van der Waals surface area contributed by atoms with Gasteiger partial charge in [0, 0.05) is 37.1 Å². The van der Waals surface area contributed by atoms with Crippen LogP contribution >= 0.6 is 0 Å². The molecule has 31 heavy (non-hydrogen) atoms. The quantitative estimate of drug-likeness (QED) is 0.559. The molecule has 7 heteroatoms. The Balaban J connectivity index is 1.82. The maximum Gasteiger partial charge on any atom is 0.243 e. The van der Waals surface area contributed by atoms with Gasteiger partial charge in [-0.2, -0.15) is 4.31 Å². The van der Waals surface area contributed by atoms with E-state index in [1.807, 2.05) is 37.4 Å². The van der Waals surface area contributed by atoms with Gasteiger partial charge in [-0.15, -0.1) is 0 Å². The Morgan fingerprint density at radius 1 is 1.06 bits per heavy atom. The average Bonchev–Trinajstić information content (AvgIpc) is 2.80. The third-order valence-corrected chi connectivity index (χ3v) is 7.65. The van der Waals surface area contributed by atoms with Gasteiger partial charge in [0.2, 0.25) is 10.0 Å². The van der Waals surface area contributed by atoms with Gasteiger partial charge in [0.1, 0.15) is 5.82 Å². The summed E-state index contributed by atoms with van der Waals surface area (Å²) in [6.07, 6.45) is 9.57. The molecule has 1 unspecified atom stereocenters. The van der Waals surface area contributed by atoms with Gasteiger partial charge < -0.3 is 0 Å². The molecule has 3 heterocycles. The number of benzene rings is 1. The Morgan fingerprint density at radius 2 is 1.81 bits per heavy atom. The van der Waals surface area contributed by atoms with Crippen LogP contribution in [-0.4, -0.2) is 34.2 Å². The number of aromatic nitrogens is 3. The Labute approximate surface area is 184 Å². The van der Waals surface area contributed by atoms with Crippen molar-refractivity contribution in [1.82, 2.24) is 19.3 Å². The molecule has 162 valence electrons. The minimum absolute atomic E-state index is 0.318. The van der Waals surface area contributed by atoms with Crippen LogP contribution in [0.4, 0.5) is 0 Å². The van der Waals surface area contributed by atoms with Crippen LogP contribution in [0.15, 0.2) is 59.9 Å². The summed E-state index contributed by atoms with van der Waals surface area (Å²) in [6.45, 7) is 4.54. The second-order valence-electron chi connectivity index (χ2n) is 8.01. The minimum Gasteiger partial charge on any atom is -0.265 e. The van der Waals surface area contributed by atoms with Crippen LogP contribution in [0.25, 0.3) is 11.1 Å². The lowest BCUT2D eigenvalue weighted by atomic mass is 9.96. The number of nitrogens with zero attached hydrogens (tertiary/aromatic N) is 4. The molecule has 0 saturated carbocycles. The predicted molar refractivity (Wildman–Crippen MR) is 121 cm³/mol. The average molecular weight is 437 g/mol. The van der Waals surface area contributed by atoms with E-state index in [2.05, 4.69) is 16.9 Å². The topological polar surface area (TPSA) is 76.1 Å². The molecular formula is C24H28N4O2S. The van der Waals surface area contributed by atoms with Crippen LogP contribution in [0.5, 0.6) is 0 Å². The fourth-order valence-corrected chi connectivity index (χ4v) is 5.76. The van der Waals surface area contributed by atoms with Gasteiger partial charge in [-0.25, -0.2) is 18.4 Å². The maximum absolute atomic E-state index is 13.6. The fraction of sp³-hybridized carbons (Fsp3) is 0.375.